The van der Waals surface area contributed by atoms with E-state index >= 15 is 0 Å². The van der Waals surface area contributed by atoms with Crippen LogP contribution in [0.15, 0.2) is 71.6 Å². The minimum absolute atomic E-state index is 0.127. The van der Waals surface area contributed by atoms with Crippen molar-refractivity contribution < 1.29 is 17.9 Å². The van der Waals surface area contributed by atoms with Crippen molar-refractivity contribution in [1.82, 2.24) is 5.32 Å². The summed E-state index contributed by atoms with van der Waals surface area (Å²) in [4.78, 5) is 12.8. The van der Waals surface area contributed by atoms with E-state index in [0.717, 1.165) is 16.9 Å². The molecule has 1 atom stereocenters. The van der Waals surface area contributed by atoms with E-state index in [1.54, 1.807) is 12.1 Å². The van der Waals surface area contributed by atoms with Crippen LogP contribution >= 0.6 is 11.6 Å². The summed E-state index contributed by atoms with van der Waals surface area (Å²) in [6.07, 6.45) is 0. The molecule has 0 heterocycles. The fourth-order valence-electron chi connectivity index (χ4n) is 3.04. The summed E-state index contributed by atoms with van der Waals surface area (Å²) in [7, 11) is -3.79. The number of hydrogen-bond donors (Lipinski definition) is 2. The lowest BCUT2D eigenvalue weighted by molar-refractivity contribution is 0.0940. The highest BCUT2D eigenvalue weighted by atomic mass is 35.5. The largest absolute Gasteiger partial charge is 0.494 e. The van der Waals surface area contributed by atoms with Gasteiger partial charge in [-0.25, -0.2) is 8.42 Å². The van der Waals surface area contributed by atoms with E-state index in [0.29, 0.717) is 12.2 Å². The average molecular weight is 473 g/mol. The molecule has 0 saturated carbocycles. The van der Waals surface area contributed by atoms with Gasteiger partial charge in [0.2, 0.25) is 0 Å². The first-order valence-corrected chi connectivity index (χ1v) is 12.0. The second kappa shape index (κ2) is 10.1. The number of hydrogen-bond acceptors (Lipinski definition) is 4. The molecule has 0 saturated heterocycles. The van der Waals surface area contributed by atoms with Gasteiger partial charge in [0.15, 0.2) is 0 Å². The van der Waals surface area contributed by atoms with Gasteiger partial charge in [-0.15, -0.1) is 0 Å². The van der Waals surface area contributed by atoms with Gasteiger partial charge in [0.25, 0.3) is 15.9 Å². The van der Waals surface area contributed by atoms with Crippen LogP contribution in [0.2, 0.25) is 5.02 Å². The van der Waals surface area contributed by atoms with E-state index in [9.17, 15) is 13.2 Å². The number of benzene rings is 3. The average Bonchev–Trinajstić information content (AvgIpc) is 2.76. The Kier molecular flexibility index (Phi) is 7.43. The number of ether oxygens (including phenoxy) is 1. The quantitative estimate of drug-likeness (QED) is 0.463. The molecule has 0 radical (unpaired) electrons. The summed E-state index contributed by atoms with van der Waals surface area (Å²) in [6, 6.07) is 18.2. The maximum atomic E-state index is 12.7. The molecule has 1 amide bonds. The number of halogens is 1. The number of aryl methyl sites for hydroxylation is 1. The number of carbonyl (C=O) groups excluding carboxylic acids is 1. The van der Waals surface area contributed by atoms with Crippen molar-refractivity contribution in [3.63, 3.8) is 0 Å². The summed E-state index contributed by atoms with van der Waals surface area (Å²) in [5.41, 5.74) is 2.40. The summed E-state index contributed by atoms with van der Waals surface area (Å²) >= 11 is 6.27. The number of anilines is 1. The Morgan fingerprint density at radius 1 is 1.03 bits per heavy atom. The van der Waals surface area contributed by atoms with Crippen molar-refractivity contribution in [2.45, 2.75) is 31.7 Å². The third kappa shape index (κ3) is 5.81. The van der Waals surface area contributed by atoms with E-state index in [2.05, 4.69) is 10.0 Å². The molecule has 0 aliphatic rings. The van der Waals surface area contributed by atoms with E-state index in [1.165, 1.54) is 30.3 Å². The molecule has 0 aromatic heterocycles. The molecule has 1 unspecified atom stereocenters. The Morgan fingerprint density at radius 2 is 1.69 bits per heavy atom. The van der Waals surface area contributed by atoms with E-state index < -0.39 is 10.0 Å². The minimum atomic E-state index is -3.79. The van der Waals surface area contributed by atoms with Crippen LogP contribution < -0.4 is 14.8 Å². The lowest BCUT2D eigenvalue weighted by Crippen LogP contribution is -2.26. The van der Waals surface area contributed by atoms with Crippen LogP contribution in [0, 0.1) is 6.92 Å². The monoisotopic (exact) mass is 472 g/mol. The summed E-state index contributed by atoms with van der Waals surface area (Å²) in [5.74, 6) is 0.450. The van der Waals surface area contributed by atoms with E-state index in [-0.39, 0.29) is 27.6 Å². The van der Waals surface area contributed by atoms with Crippen LogP contribution in [0.4, 0.5) is 5.69 Å². The molecule has 3 aromatic rings. The van der Waals surface area contributed by atoms with Crippen molar-refractivity contribution in [3.05, 3.63) is 88.4 Å². The zero-order chi connectivity index (χ0) is 23.3. The van der Waals surface area contributed by atoms with Crippen molar-refractivity contribution in [3.8, 4) is 5.75 Å². The minimum Gasteiger partial charge on any atom is -0.494 e. The maximum Gasteiger partial charge on any atom is 0.261 e. The predicted octanol–water partition coefficient (Wildman–Crippen LogP) is 5.34. The highest BCUT2D eigenvalue weighted by Crippen LogP contribution is 2.26. The Balaban J connectivity index is 1.69. The highest BCUT2D eigenvalue weighted by Gasteiger charge is 2.18. The second-order valence-corrected chi connectivity index (χ2v) is 9.40. The molecule has 8 heteroatoms. The van der Waals surface area contributed by atoms with Gasteiger partial charge in [0, 0.05) is 5.56 Å². The van der Waals surface area contributed by atoms with Crippen molar-refractivity contribution in [1.29, 1.82) is 0 Å². The van der Waals surface area contributed by atoms with Gasteiger partial charge in [0.1, 0.15) is 5.75 Å². The van der Waals surface area contributed by atoms with Crippen molar-refractivity contribution >= 4 is 33.2 Å². The zero-order valence-electron chi connectivity index (χ0n) is 18.1. The molecule has 3 aromatic carbocycles. The molecule has 0 spiro atoms. The smallest absolute Gasteiger partial charge is 0.261 e. The third-order valence-corrected chi connectivity index (χ3v) is 6.54. The van der Waals surface area contributed by atoms with Crippen LogP contribution in [-0.4, -0.2) is 20.9 Å². The van der Waals surface area contributed by atoms with Gasteiger partial charge in [0.05, 0.1) is 28.3 Å². The molecule has 0 fully saturated rings. The Morgan fingerprint density at radius 3 is 2.28 bits per heavy atom. The Bertz CT molecular complexity index is 1190. The molecular formula is C24H25ClN2O4S. The summed E-state index contributed by atoms with van der Waals surface area (Å²) in [6.45, 7) is 6.25. The molecule has 0 bridgehead atoms. The molecule has 0 aliphatic heterocycles. The standard InChI is InChI=1S/C24H25ClN2O4S/c1-4-31-20-10-7-18(8-11-20)17(3)26-24(28)19-9-14-23(22(25)15-19)27-32(29,30)21-12-5-16(2)6-13-21/h5-15,17,27H,4H2,1-3H3,(H,26,28). The topological polar surface area (TPSA) is 84.5 Å². The van der Waals surface area contributed by atoms with Gasteiger partial charge in [-0.1, -0.05) is 41.4 Å². The fraction of sp³-hybridized carbons (Fsp3) is 0.208. The normalized spacial score (nSPS) is 12.1. The van der Waals surface area contributed by atoms with E-state index in [4.69, 9.17) is 16.3 Å². The lowest BCUT2D eigenvalue weighted by Gasteiger charge is -2.16. The van der Waals surface area contributed by atoms with Crippen LogP contribution in [-0.2, 0) is 10.0 Å². The van der Waals surface area contributed by atoms with Gasteiger partial charge in [-0.05, 0) is 68.8 Å². The molecule has 2 N–H and O–H groups in total. The Labute approximate surface area is 193 Å². The first kappa shape index (κ1) is 23.6. The van der Waals surface area contributed by atoms with Crippen LogP contribution in [0.25, 0.3) is 0 Å². The number of amides is 1. The first-order chi connectivity index (χ1) is 15.2. The zero-order valence-corrected chi connectivity index (χ0v) is 19.6. The van der Waals surface area contributed by atoms with Gasteiger partial charge in [-0.3, -0.25) is 9.52 Å². The number of rotatable bonds is 8. The second-order valence-electron chi connectivity index (χ2n) is 7.31. The van der Waals surface area contributed by atoms with Gasteiger partial charge in [-0.2, -0.15) is 0 Å². The molecule has 0 aliphatic carbocycles. The van der Waals surface area contributed by atoms with Crippen LogP contribution in [0.5, 0.6) is 5.75 Å². The van der Waals surface area contributed by atoms with E-state index in [1.807, 2.05) is 45.0 Å². The molecule has 3 rings (SSSR count). The molecule has 168 valence electrons. The summed E-state index contributed by atoms with van der Waals surface area (Å²) < 4.78 is 33.1. The molecule has 32 heavy (non-hydrogen) atoms. The third-order valence-electron chi connectivity index (χ3n) is 4.85. The molecule has 6 nitrogen and oxygen atoms in total. The van der Waals surface area contributed by atoms with Crippen molar-refractivity contribution in [2.75, 3.05) is 11.3 Å². The lowest BCUT2D eigenvalue weighted by atomic mass is 10.1. The van der Waals surface area contributed by atoms with Gasteiger partial charge >= 0.3 is 0 Å². The number of nitrogens with one attached hydrogen (secondary N) is 2. The Hall–Kier alpha value is -3.03. The predicted molar refractivity (Wildman–Crippen MR) is 127 cm³/mol. The van der Waals surface area contributed by atoms with Crippen LogP contribution in [0.1, 0.15) is 41.4 Å². The molecular weight excluding hydrogens is 448 g/mol. The van der Waals surface area contributed by atoms with Crippen molar-refractivity contribution in [2.24, 2.45) is 0 Å². The number of carbonyl (C=O) groups is 1. The fourth-order valence-corrected chi connectivity index (χ4v) is 4.41. The first-order valence-electron chi connectivity index (χ1n) is 10.1. The highest BCUT2D eigenvalue weighted by molar-refractivity contribution is 7.92. The van der Waals surface area contributed by atoms with Crippen LogP contribution in [0.3, 0.4) is 0 Å². The maximum absolute atomic E-state index is 12.7. The number of sulfonamides is 1. The summed E-state index contributed by atoms with van der Waals surface area (Å²) in [5, 5.41) is 3.04. The van der Waals surface area contributed by atoms with Gasteiger partial charge < -0.3 is 10.1 Å². The SMILES string of the molecule is CCOc1ccc(C(C)NC(=O)c2ccc(NS(=O)(=O)c3ccc(C)cc3)c(Cl)c2)cc1.